The zero-order chi connectivity index (χ0) is 15.2. The first kappa shape index (κ1) is 16.5. The molecular formula is C14H19BrClN3O2. The second kappa shape index (κ2) is 7.98. The van der Waals surface area contributed by atoms with E-state index in [-0.39, 0.29) is 5.91 Å². The van der Waals surface area contributed by atoms with Crippen molar-refractivity contribution in [1.82, 2.24) is 10.2 Å². The van der Waals surface area contributed by atoms with Gasteiger partial charge < -0.3 is 15.4 Å². The van der Waals surface area contributed by atoms with E-state index in [1.807, 2.05) is 6.92 Å². The zero-order valence-corrected chi connectivity index (χ0v) is 14.3. The Morgan fingerprint density at radius 2 is 2.19 bits per heavy atom. The molecule has 1 heterocycles. The van der Waals surface area contributed by atoms with Crippen LogP contribution in [0.5, 0.6) is 5.75 Å². The molecule has 0 spiro atoms. The van der Waals surface area contributed by atoms with Crippen molar-refractivity contribution in [3.63, 3.8) is 0 Å². The minimum Gasteiger partial charge on any atom is -0.491 e. The number of piperazine rings is 1. The summed E-state index contributed by atoms with van der Waals surface area (Å²) in [5.41, 5.74) is 0.594. The molecule has 1 aliphatic rings. The maximum absolute atomic E-state index is 12.2. The van der Waals surface area contributed by atoms with E-state index in [1.165, 1.54) is 0 Å². The smallest absolute Gasteiger partial charge is 0.238 e. The van der Waals surface area contributed by atoms with E-state index in [4.69, 9.17) is 16.3 Å². The van der Waals surface area contributed by atoms with Gasteiger partial charge in [-0.05, 0) is 35.0 Å². The topological polar surface area (TPSA) is 53.6 Å². The quantitative estimate of drug-likeness (QED) is 0.828. The zero-order valence-electron chi connectivity index (χ0n) is 11.9. The molecular weight excluding hydrogens is 358 g/mol. The van der Waals surface area contributed by atoms with Crippen molar-refractivity contribution >= 4 is 39.1 Å². The van der Waals surface area contributed by atoms with Crippen molar-refractivity contribution < 1.29 is 9.53 Å². The summed E-state index contributed by atoms with van der Waals surface area (Å²) in [5.74, 6) is 0.544. The van der Waals surface area contributed by atoms with Gasteiger partial charge in [0.25, 0.3) is 0 Å². The molecule has 0 aliphatic carbocycles. The van der Waals surface area contributed by atoms with Crippen LogP contribution in [0.15, 0.2) is 16.6 Å². The molecule has 116 valence electrons. The van der Waals surface area contributed by atoms with E-state index in [9.17, 15) is 4.79 Å². The van der Waals surface area contributed by atoms with E-state index in [1.54, 1.807) is 12.1 Å². The van der Waals surface area contributed by atoms with Gasteiger partial charge >= 0.3 is 0 Å². The van der Waals surface area contributed by atoms with Crippen molar-refractivity contribution in [3.8, 4) is 5.75 Å². The summed E-state index contributed by atoms with van der Waals surface area (Å²) in [4.78, 5) is 14.3. The Morgan fingerprint density at radius 1 is 1.48 bits per heavy atom. The van der Waals surface area contributed by atoms with Crippen molar-refractivity contribution in [2.24, 2.45) is 0 Å². The molecule has 5 nitrogen and oxygen atoms in total. The first-order valence-electron chi connectivity index (χ1n) is 6.95. The third-order valence-corrected chi connectivity index (χ3v) is 3.96. The summed E-state index contributed by atoms with van der Waals surface area (Å²) in [6, 6.07) is 3.45. The second-order valence-electron chi connectivity index (χ2n) is 4.77. The van der Waals surface area contributed by atoms with Crippen LogP contribution in [0.1, 0.15) is 6.92 Å². The predicted molar refractivity (Wildman–Crippen MR) is 88.3 cm³/mol. The summed E-state index contributed by atoms with van der Waals surface area (Å²) in [6.45, 7) is 6.38. The van der Waals surface area contributed by atoms with Crippen molar-refractivity contribution in [2.45, 2.75) is 6.92 Å². The largest absolute Gasteiger partial charge is 0.491 e. The highest BCUT2D eigenvalue weighted by Gasteiger charge is 2.16. The molecule has 1 aliphatic heterocycles. The molecule has 1 aromatic rings. The lowest BCUT2D eigenvalue weighted by Gasteiger charge is -2.26. The fourth-order valence-corrected chi connectivity index (χ4v) is 3.13. The normalized spacial score (nSPS) is 15.8. The lowest BCUT2D eigenvalue weighted by molar-refractivity contribution is -0.117. The minimum absolute atomic E-state index is 0.0629. The number of halogens is 2. The van der Waals surface area contributed by atoms with E-state index < -0.39 is 0 Å². The number of nitrogens with zero attached hydrogens (tertiary/aromatic N) is 1. The average molecular weight is 377 g/mol. The average Bonchev–Trinajstić information content (AvgIpc) is 2.43. The van der Waals surface area contributed by atoms with Crippen LogP contribution >= 0.6 is 27.5 Å². The number of benzene rings is 1. The SMILES string of the molecule is CCOc1c(Br)cc(Cl)cc1NC(=O)CN1CCNCC1. The molecule has 0 aromatic heterocycles. The number of hydrogen-bond donors (Lipinski definition) is 2. The first-order chi connectivity index (χ1) is 10.1. The molecule has 1 saturated heterocycles. The molecule has 1 fully saturated rings. The van der Waals surface area contributed by atoms with Crippen molar-refractivity contribution in [3.05, 3.63) is 21.6 Å². The number of amides is 1. The number of carbonyl (C=O) groups is 1. The van der Waals surface area contributed by atoms with Gasteiger partial charge in [0.1, 0.15) is 0 Å². The number of anilines is 1. The molecule has 2 rings (SSSR count). The second-order valence-corrected chi connectivity index (χ2v) is 6.06. The maximum Gasteiger partial charge on any atom is 0.238 e. The predicted octanol–water partition coefficient (Wildman–Crippen LogP) is 2.34. The standard InChI is InChI=1S/C14H19BrClN3O2/c1-2-21-14-11(15)7-10(16)8-12(14)18-13(20)9-19-5-3-17-4-6-19/h7-8,17H,2-6,9H2,1H3,(H,18,20). The monoisotopic (exact) mass is 375 g/mol. The Labute approximate surface area is 138 Å². The van der Waals surface area contributed by atoms with Gasteiger partial charge in [-0.25, -0.2) is 0 Å². The van der Waals surface area contributed by atoms with E-state index in [2.05, 4.69) is 31.5 Å². The van der Waals surface area contributed by atoms with Gasteiger partial charge in [-0.15, -0.1) is 0 Å². The molecule has 1 aromatic carbocycles. The van der Waals surface area contributed by atoms with Gasteiger partial charge in [0, 0.05) is 31.2 Å². The molecule has 0 unspecified atom stereocenters. The molecule has 21 heavy (non-hydrogen) atoms. The number of nitrogens with one attached hydrogen (secondary N) is 2. The summed E-state index contributed by atoms with van der Waals surface area (Å²) in [7, 11) is 0. The molecule has 1 amide bonds. The van der Waals surface area contributed by atoms with Crippen LogP contribution in [0.2, 0.25) is 5.02 Å². The van der Waals surface area contributed by atoms with Gasteiger partial charge in [0.2, 0.25) is 5.91 Å². The summed E-state index contributed by atoms with van der Waals surface area (Å²) < 4.78 is 6.30. The van der Waals surface area contributed by atoms with Gasteiger partial charge in [0.05, 0.1) is 23.3 Å². The summed E-state index contributed by atoms with van der Waals surface area (Å²) in [5, 5.41) is 6.69. The summed E-state index contributed by atoms with van der Waals surface area (Å²) in [6.07, 6.45) is 0. The van der Waals surface area contributed by atoms with Gasteiger partial charge in [-0.3, -0.25) is 9.69 Å². The molecule has 7 heteroatoms. The highest BCUT2D eigenvalue weighted by atomic mass is 79.9. The first-order valence-corrected chi connectivity index (χ1v) is 8.12. The van der Waals surface area contributed by atoms with Crippen molar-refractivity contribution in [1.29, 1.82) is 0 Å². The Balaban J connectivity index is 2.05. The lowest BCUT2D eigenvalue weighted by atomic mass is 10.2. The van der Waals surface area contributed by atoms with E-state index >= 15 is 0 Å². The Morgan fingerprint density at radius 3 is 2.86 bits per heavy atom. The van der Waals surface area contributed by atoms with Crippen molar-refractivity contribution in [2.75, 3.05) is 44.6 Å². The Hall–Kier alpha value is -0.820. The van der Waals surface area contributed by atoms with Crippen LogP contribution in [0.25, 0.3) is 0 Å². The third kappa shape index (κ3) is 4.85. The van der Waals surface area contributed by atoms with Gasteiger partial charge in [0.15, 0.2) is 5.75 Å². The Bertz CT molecular complexity index is 507. The molecule has 0 atom stereocenters. The van der Waals surface area contributed by atoms with Crippen LogP contribution in [0.3, 0.4) is 0 Å². The lowest BCUT2D eigenvalue weighted by Crippen LogP contribution is -2.46. The third-order valence-electron chi connectivity index (χ3n) is 3.15. The van der Waals surface area contributed by atoms with Gasteiger partial charge in [-0.1, -0.05) is 11.6 Å². The van der Waals surface area contributed by atoms with Gasteiger partial charge in [-0.2, -0.15) is 0 Å². The maximum atomic E-state index is 12.2. The van der Waals surface area contributed by atoms with Crippen LogP contribution < -0.4 is 15.4 Å². The molecule has 0 bridgehead atoms. The molecule has 2 N–H and O–H groups in total. The Kier molecular flexibility index (Phi) is 6.29. The van der Waals surface area contributed by atoms with Crippen LogP contribution in [-0.4, -0.2) is 50.1 Å². The van der Waals surface area contributed by atoms with E-state index in [0.29, 0.717) is 29.6 Å². The highest BCUT2D eigenvalue weighted by molar-refractivity contribution is 9.10. The molecule has 0 radical (unpaired) electrons. The number of carbonyl (C=O) groups excluding carboxylic acids is 1. The number of hydrogen-bond acceptors (Lipinski definition) is 4. The van der Waals surface area contributed by atoms with E-state index in [0.717, 1.165) is 30.7 Å². The number of rotatable bonds is 5. The highest BCUT2D eigenvalue weighted by Crippen LogP contribution is 2.36. The van der Waals surface area contributed by atoms with Crippen LogP contribution in [0, 0.1) is 0 Å². The van der Waals surface area contributed by atoms with Crippen LogP contribution in [0.4, 0.5) is 5.69 Å². The minimum atomic E-state index is -0.0629. The fraction of sp³-hybridized carbons (Fsp3) is 0.500. The van der Waals surface area contributed by atoms with Crippen LogP contribution in [-0.2, 0) is 4.79 Å². The number of ether oxygens (including phenoxy) is 1. The fourth-order valence-electron chi connectivity index (χ4n) is 2.21. The molecule has 0 saturated carbocycles. The summed E-state index contributed by atoms with van der Waals surface area (Å²) >= 11 is 9.45.